The first-order chi connectivity index (χ1) is 11.4. The number of rotatable bonds is 5. The van der Waals surface area contributed by atoms with Crippen molar-refractivity contribution in [3.05, 3.63) is 16.5 Å². The van der Waals surface area contributed by atoms with Crippen molar-refractivity contribution in [3.8, 4) is 5.06 Å². The highest BCUT2D eigenvalue weighted by atomic mass is 32.1. The summed E-state index contributed by atoms with van der Waals surface area (Å²) in [5.74, 6) is 0.708. The zero-order chi connectivity index (χ0) is 17.3. The van der Waals surface area contributed by atoms with E-state index in [9.17, 15) is 4.79 Å². The van der Waals surface area contributed by atoms with Crippen LogP contribution in [0.3, 0.4) is 0 Å². The minimum absolute atomic E-state index is 0.285. The van der Waals surface area contributed by atoms with E-state index in [2.05, 4.69) is 38.7 Å². The fourth-order valence-corrected chi connectivity index (χ4v) is 4.61. The van der Waals surface area contributed by atoms with Crippen molar-refractivity contribution >= 4 is 17.2 Å². The molecule has 134 valence electrons. The maximum Gasteiger partial charge on any atom is 0.223 e. The third-order valence-electron chi connectivity index (χ3n) is 4.97. The second-order valence-electron chi connectivity index (χ2n) is 7.79. The highest BCUT2D eigenvalue weighted by Crippen LogP contribution is 2.35. The van der Waals surface area contributed by atoms with Gasteiger partial charge < -0.3 is 9.64 Å². The first kappa shape index (κ1) is 17.7. The Morgan fingerprint density at radius 3 is 2.79 bits per heavy atom. The molecule has 1 amide bonds. The molecule has 1 aromatic rings. The van der Waals surface area contributed by atoms with E-state index in [-0.39, 0.29) is 5.91 Å². The quantitative estimate of drug-likeness (QED) is 0.814. The lowest BCUT2D eigenvalue weighted by molar-refractivity contribution is -0.132. The highest BCUT2D eigenvalue weighted by molar-refractivity contribution is 7.14. The molecule has 1 saturated heterocycles. The molecule has 1 atom stereocenters. The molecule has 0 saturated carbocycles. The number of hydrogen-bond donors (Lipinski definition) is 0. The van der Waals surface area contributed by atoms with Crippen LogP contribution >= 0.6 is 11.3 Å². The van der Waals surface area contributed by atoms with Gasteiger partial charge in [-0.1, -0.05) is 13.8 Å². The first-order valence-electron chi connectivity index (χ1n) is 9.22. The Hall–Kier alpha value is -1.07. The number of thiophene rings is 1. The van der Waals surface area contributed by atoms with Gasteiger partial charge in [0.2, 0.25) is 5.91 Å². The van der Waals surface area contributed by atoms with Crippen molar-refractivity contribution < 1.29 is 9.53 Å². The number of fused-ring (bicyclic) bond motifs is 1. The Bertz CT molecular complexity index is 582. The maximum absolute atomic E-state index is 12.3. The lowest BCUT2D eigenvalue weighted by atomic mass is 10.1. The van der Waals surface area contributed by atoms with Crippen molar-refractivity contribution in [1.82, 2.24) is 9.80 Å². The summed E-state index contributed by atoms with van der Waals surface area (Å²) in [5, 5.41) is 1.04. The SMILES string of the molecule is CC(C)CC(=O)N1CCc2sc(OC3CCN(C(C)C)C3)cc2C1. The molecule has 0 aromatic carbocycles. The van der Waals surface area contributed by atoms with Crippen molar-refractivity contribution in [2.75, 3.05) is 19.6 Å². The number of nitrogens with zero attached hydrogens (tertiary/aromatic N) is 2. The number of carbonyl (C=O) groups is 1. The van der Waals surface area contributed by atoms with E-state index >= 15 is 0 Å². The molecule has 3 heterocycles. The Balaban J connectivity index is 1.58. The van der Waals surface area contributed by atoms with Gasteiger partial charge >= 0.3 is 0 Å². The number of likely N-dealkylation sites (tertiary alicyclic amines) is 1. The summed E-state index contributed by atoms with van der Waals surface area (Å²) in [6.45, 7) is 12.5. The summed E-state index contributed by atoms with van der Waals surface area (Å²) in [6, 6.07) is 2.77. The van der Waals surface area contributed by atoms with Gasteiger partial charge in [0.25, 0.3) is 0 Å². The van der Waals surface area contributed by atoms with Crippen molar-refractivity contribution in [2.45, 2.75) is 65.6 Å². The van der Waals surface area contributed by atoms with Gasteiger partial charge in [0, 0.05) is 43.5 Å². The van der Waals surface area contributed by atoms with E-state index in [0.717, 1.165) is 44.1 Å². The normalized spacial score (nSPS) is 21.6. The zero-order valence-corrected chi connectivity index (χ0v) is 16.2. The van der Waals surface area contributed by atoms with Crippen molar-refractivity contribution in [1.29, 1.82) is 0 Å². The molecule has 2 aliphatic rings. The second-order valence-corrected chi connectivity index (χ2v) is 8.89. The Morgan fingerprint density at radius 2 is 2.12 bits per heavy atom. The molecule has 5 heteroatoms. The van der Waals surface area contributed by atoms with Gasteiger partial charge in [0.1, 0.15) is 6.10 Å². The van der Waals surface area contributed by atoms with E-state index in [4.69, 9.17) is 4.74 Å². The molecule has 0 spiro atoms. The molecule has 0 N–H and O–H groups in total. The van der Waals surface area contributed by atoms with E-state index in [1.54, 1.807) is 11.3 Å². The van der Waals surface area contributed by atoms with Crippen LogP contribution in [0.15, 0.2) is 6.07 Å². The van der Waals surface area contributed by atoms with Crippen LogP contribution in [-0.2, 0) is 17.8 Å². The Labute approximate surface area is 149 Å². The van der Waals surface area contributed by atoms with E-state index in [0.29, 0.717) is 24.5 Å². The molecule has 0 radical (unpaired) electrons. The van der Waals surface area contributed by atoms with Gasteiger partial charge in [-0.05, 0) is 44.2 Å². The fraction of sp³-hybridized carbons (Fsp3) is 0.737. The predicted octanol–water partition coefficient (Wildman–Crippen LogP) is 3.54. The highest BCUT2D eigenvalue weighted by Gasteiger charge is 2.28. The van der Waals surface area contributed by atoms with Crippen LogP contribution in [0.5, 0.6) is 5.06 Å². The molecule has 0 bridgehead atoms. The maximum atomic E-state index is 12.3. The largest absolute Gasteiger partial charge is 0.479 e. The van der Waals surface area contributed by atoms with Crippen LogP contribution in [0.25, 0.3) is 0 Å². The molecule has 4 nitrogen and oxygen atoms in total. The average molecular weight is 351 g/mol. The van der Waals surface area contributed by atoms with Crippen LogP contribution < -0.4 is 4.74 Å². The fourth-order valence-electron chi connectivity index (χ4n) is 3.54. The first-order valence-corrected chi connectivity index (χ1v) is 10.0. The smallest absolute Gasteiger partial charge is 0.223 e. The number of hydrogen-bond acceptors (Lipinski definition) is 4. The van der Waals surface area contributed by atoms with Gasteiger partial charge in [-0.2, -0.15) is 0 Å². The van der Waals surface area contributed by atoms with Crippen LogP contribution in [0.2, 0.25) is 0 Å². The lowest BCUT2D eigenvalue weighted by Gasteiger charge is -2.27. The molecule has 1 fully saturated rings. The molecular weight excluding hydrogens is 320 g/mol. The van der Waals surface area contributed by atoms with E-state index in [1.807, 2.05) is 4.90 Å². The summed E-state index contributed by atoms with van der Waals surface area (Å²) >= 11 is 1.78. The van der Waals surface area contributed by atoms with Crippen molar-refractivity contribution in [3.63, 3.8) is 0 Å². The van der Waals surface area contributed by atoms with Gasteiger partial charge in [-0.25, -0.2) is 0 Å². The molecular formula is C19H30N2O2S. The molecule has 1 aromatic heterocycles. The van der Waals surface area contributed by atoms with Gasteiger partial charge in [-0.3, -0.25) is 9.69 Å². The predicted molar refractivity (Wildman–Crippen MR) is 98.6 cm³/mol. The molecule has 1 unspecified atom stereocenters. The minimum atomic E-state index is 0.285. The third kappa shape index (κ3) is 4.12. The van der Waals surface area contributed by atoms with Crippen LogP contribution in [-0.4, -0.2) is 47.5 Å². The van der Waals surface area contributed by atoms with Crippen LogP contribution in [0.4, 0.5) is 0 Å². The standard InChI is InChI=1S/C19H30N2O2S/c1-13(2)9-18(22)21-8-6-17-15(11-21)10-19(24-17)23-16-5-7-20(12-16)14(3)4/h10,13-14,16H,5-9,11-12H2,1-4H3. The third-order valence-corrected chi connectivity index (χ3v) is 6.10. The lowest BCUT2D eigenvalue weighted by Crippen LogP contribution is -2.35. The monoisotopic (exact) mass is 350 g/mol. The summed E-state index contributed by atoms with van der Waals surface area (Å²) in [5.41, 5.74) is 1.29. The number of amides is 1. The van der Waals surface area contributed by atoms with Crippen LogP contribution in [0, 0.1) is 5.92 Å². The van der Waals surface area contributed by atoms with Crippen molar-refractivity contribution in [2.24, 2.45) is 5.92 Å². The number of carbonyl (C=O) groups excluding carboxylic acids is 1. The summed E-state index contributed by atoms with van der Waals surface area (Å²) in [6.07, 6.45) is 3.04. The molecule has 0 aliphatic carbocycles. The van der Waals surface area contributed by atoms with E-state index < -0.39 is 0 Å². The second kappa shape index (κ2) is 7.44. The van der Waals surface area contributed by atoms with Gasteiger partial charge in [-0.15, -0.1) is 11.3 Å². The minimum Gasteiger partial charge on any atom is -0.479 e. The molecule has 3 rings (SSSR count). The zero-order valence-electron chi connectivity index (χ0n) is 15.4. The van der Waals surface area contributed by atoms with Gasteiger partial charge in [0.15, 0.2) is 5.06 Å². The molecule has 24 heavy (non-hydrogen) atoms. The van der Waals surface area contributed by atoms with Crippen LogP contribution in [0.1, 0.15) is 51.0 Å². The Kier molecular flexibility index (Phi) is 5.50. The Morgan fingerprint density at radius 1 is 1.33 bits per heavy atom. The number of ether oxygens (including phenoxy) is 1. The van der Waals surface area contributed by atoms with Gasteiger partial charge in [0.05, 0.1) is 0 Å². The topological polar surface area (TPSA) is 32.8 Å². The molecule has 2 aliphatic heterocycles. The van der Waals surface area contributed by atoms with E-state index in [1.165, 1.54) is 10.4 Å². The average Bonchev–Trinajstić information content (AvgIpc) is 3.12. The summed E-state index contributed by atoms with van der Waals surface area (Å²) in [7, 11) is 0. The summed E-state index contributed by atoms with van der Waals surface area (Å²) < 4.78 is 6.24. The summed E-state index contributed by atoms with van der Waals surface area (Å²) in [4.78, 5) is 18.2.